The molecule has 1 aliphatic rings. The number of hydrogen-bond acceptors (Lipinski definition) is 9. The smallest absolute Gasteiger partial charge is 0.328 e. The second-order valence-corrected chi connectivity index (χ2v) is 12.8. The fourth-order valence-corrected chi connectivity index (χ4v) is 6.81. The predicted molar refractivity (Wildman–Crippen MR) is 195 cm³/mol. The molecule has 0 unspecified atom stereocenters. The Morgan fingerprint density at radius 3 is 2.39 bits per heavy atom. The minimum atomic E-state index is -0.973. The number of ether oxygens (including phenoxy) is 4. The zero-order valence-electron chi connectivity index (χ0n) is 30.1. The van der Waals surface area contributed by atoms with Gasteiger partial charge in [-0.3, -0.25) is 14.4 Å². The fraction of sp³-hybridized carbons (Fsp3) is 0.385. The van der Waals surface area contributed by atoms with E-state index in [9.17, 15) is 19.2 Å². The first kappa shape index (κ1) is 36.8. The number of aromatic amines is 1. The summed E-state index contributed by atoms with van der Waals surface area (Å²) in [4.78, 5) is 56.6. The molecule has 0 saturated carbocycles. The van der Waals surface area contributed by atoms with Crippen molar-refractivity contribution in [2.45, 2.75) is 64.6 Å². The van der Waals surface area contributed by atoms with Gasteiger partial charge in [-0.15, -0.1) is 0 Å². The minimum absolute atomic E-state index is 0.178. The molecule has 12 heteroatoms. The Hall–Kier alpha value is -5.52. The predicted octanol–water partition coefficient (Wildman–Crippen LogP) is 5.07. The lowest BCUT2D eigenvalue weighted by atomic mass is 9.95. The Kier molecular flexibility index (Phi) is 11.5. The average Bonchev–Trinajstić information content (AvgIpc) is 3.39. The molecular formula is C39H46N4O8. The highest BCUT2D eigenvalue weighted by molar-refractivity contribution is 5.91. The summed E-state index contributed by atoms with van der Waals surface area (Å²) in [6, 6.07) is 12.2. The van der Waals surface area contributed by atoms with Crippen LogP contribution in [0.25, 0.3) is 22.0 Å². The van der Waals surface area contributed by atoms with Crippen molar-refractivity contribution in [2.75, 3.05) is 33.8 Å². The van der Waals surface area contributed by atoms with Gasteiger partial charge in [0.2, 0.25) is 23.0 Å². The Morgan fingerprint density at radius 2 is 1.73 bits per heavy atom. The van der Waals surface area contributed by atoms with E-state index in [1.807, 2.05) is 50.4 Å². The second-order valence-electron chi connectivity index (χ2n) is 12.8. The van der Waals surface area contributed by atoms with Crippen LogP contribution in [-0.2, 0) is 32.0 Å². The lowest BCUT2D eigenvalue weighted by molar-refractivity contribution is -0.145. The summed E-state index contributed by atoms with van der Waals surface area (Å²) in [7, 11) is 5.90. The Bertz CT molecular complexity index is 1990. The van der Waals surface area contributed by atoms with E-state index in [-0.39, 0.29) is 29.4 Å². The number of anilines is 1. The molecule has 4 aromatic rings. The Balaban J connectivity index is 1.55. The first-order chi connectivity index (χ1) is 24.5. The molecular weight excluding hydrogens is 652 g/mol. The van der Waals surface area contributed by atoms with Crippen molar-refractivity contribution in [2.24, 2.45) is 5.92 Å². The number of benzene rings is 2. The van der Waals surface area contributed by atoms with E-state index in [0.717, 1.165) is 22.0 Å². The van der Waals surface area contributed by atoms with Gasteiger partial charge in [0.15, 0.2) is 11.5 Å². The normalized spacial score (nSPS) is 15.2. The molecule has 1 heterocycles. The van der Waals surface area contributed by atoms with Crippen molar-refractivity contribution in [1.29, 1.82) is 0 Å². The second kappa shape index (κ2) is 16.0. The number of aromatic nitrogens is 1. The van der Waals surface area contributed by atoms with Gasteiger partial charge in [-0.2, -0.15) is 0 Å². The van der Waals surface area contributed by atoms with Crippen LogP contribution in [0.2, 0.25) is 0 Å². The Morgan fingerprint density at radius 1 is 0.980 bits per heavy atom. The van der Waals surface area contributed by atoms with E-state index in [0.29, 0.717) is 53.2 Å². The summed E-state index contributed by atoms with van der Waals surface area (Å²) in [5.41, 5.74) is 4.45. The number of hydrogen-bond donors (Lipinski definition) is 4. The molecule has 0 radical (unpaired) electrons. The number of H-pyrrole nitrogens is 1. The van der Waals surface area contributed by atoms with Gasteiger partial charge in [0, 0.05) is 36.0 Å². The van der Waals surface area contributed by atoms with Crippen LogP contribution in [0.3, 0.4) is 0 Å². The summed E-state index contributed by atoms with van der Waals surface area (Å²) < 4.78 is 22.3. The van der Waals surface area contributed by atoms with Gasteiger partial charge in [0.05, 0.1) is 40.2 Å². The molecule has 2 amide bonds. The first-order valence-electron chi connectivity index (χ1n) is 17.0. The molecule has 4 atom stereocenters. The zero-order chi connectivity index (χ0) is 36.8. The largest absolute Gasteiger partial charge is 0.493 e. The summed E-state index contributed by atoms with van der Waals surface area (Å²) in [5, 5.41) is 10.1. The molecule has 12 nitrogen and oxygen atoms in total. The first-order valence-corrected chi connectivity index (χ1v) is 17.0. The number of para-hydroxylation sites is 1. The average molecular weight is 699 g/mol. The van der Waals surface area contributed by atoms with Gasteiger partial charge in [-0.05, 0) is 65.3 Å². The van der Waals surface area contributed by atoms with Crippen LogP contribution >= 0.6 is 0 Å². The van der Waals surface area contributed by atoms with E-state index >= 15 is 0 Å². The van der Waals surface area contributed by atoms with Crippen LogP contribution in [0.4, 0.5) is 5.69 Å². The number of methoxy groups -OCH3 is 4. The minimum Gasteiger partial charge on any atom is -0.493 e. The SMILES string of the molecule is CC[C@@H](C)[C@@H](Nc1ccc2c(cc1=O)[C@H](NC(C)=O)CCc1cc(OC)c(OC)c(OC)c1-2)C(=O)N[C@H](Cc1c[nH]c2ccccc12)C(=O)OC. The van der Waals surface area contributed by atoms with Crippen molar-refractivity contribution in [3.8, 4) is 28.4 Å². The molecule has 0 saturated heterocycles. The number of fused-ring (bicyclic) bond motifs is 4. The topological polar surface area (TPSA) is 157 Å². The zero-order valence-corrected chi connectivity index (χ0v) is 30.1. The molecule has 5 rings (SSSR count). The molecule has 3 aromatic carbocycles. The lowest BCUT2D eigenvalue weighted by Crippen LogP contribution is -2.51. The van der Waals surface area contributed by atoms with E-state index in [1.54, 1.807) is 19.2 Å². The molecule has 1 aliphatic carbocycles. The van der Waals surface area contributed by atoms with E-state index in [2.05, 4.69) is 20.9 Å². The number of esters is 1. The van der Waals surface area contributed by atoms with Crippen molar-refractivity contribution in [3.63, 3.8) is 0 Å². The van der Waals surface area contributed by atoms with Gasteiger partial charge in [0.25, 0.3) is 0 Å². The summed E-state index contributed by atoms with van der Waals surface area (Å²) in [5.74, 6) is -0.174. The number of aryl methyl sites for hydroxylation is 1. The molecule has 0 bridgehead atoms. The number of rotatable bonds is 13. The number of nitrogens with one attached hydrogen (secondary N) is 4. The fourth-order valence-electron chi connectivity index (χ4n) is 6.81. The highest BCUT2D eigenvalue weighted by atomic mass is 16.5. The maximum atomic E-state index is 14.0. The van der Waals surface area contributed by atoms with E-state index < -0.39 is 30.0 Å². The molecule has 270 valence electrons. The number of amides is 2. The van der Waals surface area contributed by atoms with Crippen LogP contribution in [0, 0.1) is 5.92 Å². The number of carbonyl (C=O) groups excluding carboxylic acids is 3. The van der Waals surface area contributed by atoms with Gasteiger partial charge in [0.1, 0.15) is 12.1 Å². The van der Waals surface area contributed by atoms with E-state index in [4.69, 9.17) is 18.9 Å². The highest BCUT2D eigenvalue weighted by Gasteiger charge is 2.32. The van der Waals surface area contributed by atoms with Crippen LogP contribution < -0.4 is 35.6 Å². The van der Waals surface area contributed by atoms with Crippen molar-refractivity contribution < 1.29 is 33.3 Å². The van der Waals surface area contributed by atoms with Crippen molar-refractivity contribution >= 4 is 34.4 Å². The molecule has 4 N–H and O–H groups in total. The third-order valence-electron chi connectivity index (χ3n) is 9.62. The van der Waals surface area contributed by atoms with Crippen LogP contribution in [-0.4, -0.2) is 63.3 Å². The maximum Gasteiger partial charge on any atom is 0.328 e. The quantitative estimate of drug-likeness (QED) is 0.140. The van der Waals surface area contributed by atoms with E-state index in [1.165, 1.54) is 34.3 Å². The van der Waals surface area contributed by atoms with Crippen LogP contribution in [0.5, 0.6) is 17.2 Å². The molecule has 0 fully saturated rings. The molecule has 0 aliphatic heterocycles. The van der Waals surface area contributed by atoms with Gasteiger partial charge < -0.3 is 39.9 Å². The van der Waals surface area contributed by atoms with Gasteiger partial charge in [-0.1, -0.05) is 44.5 Å². The standard InChI is InChI=1S/C39H46N4O8/c1-8-21(2)35(38(46)43-31(39(47)51-7)17-24-20-40-28-12-10-9-11-25(24)28)42-30-16-14-26-27(19-32(30)45)29(41-22(3)44)15-13-23-18-33(48-4)36(49-5)37(50-6)34(23)26/h9-12,14,16,18-21,29,31,35,40H,8,13,15,17H2,1-7H3,(H,41,44)(H,42,45)(H,43,46)/t21-,29-,31-,35-/m1/s1. The van der Waals surface area contributed by atoms with Crippen LogP contribution in [0.15, 0.2) is 59.5 Å². The van der Waals surface area contributed by atoms with Crippen LogP contribution in [0.1, 0.15) is 56.3 Å². The van der Waals surface area contributed by atoms with Crippen molar-refractivity contribution in [1.82, 2.24) is 15.6 Å². The monoisotopic (exact) mass is 698 g/mol. The third-order valence-corrected chi connectivity index (χ3v) is 9.62. The summed E-state index contributed by atoms with van der Waals surface area (Å²) >= 11 is 0. The molecule has 0 spiro atoms. The van der Waals surface area contributed by atoms with Gasteiger partial charge in [-0.25, -0.2) is 4.79 Å². The molecule has 51 heavy (non-hydrogen) atoms. The summed E-state index contributed by atoms with van der Waals surface area (Å²) in [6.45, 7) is 5.29. The third kappa shape index (κ3) is 7.64. The summed E-state index contributed by atoms with van der Waals surface area (Å²) in [6.07, 6.45) is 3.70. The number of carbonyl (C=O) groups is 3. The highest BCUT2D eigenvalue weighted by Crippen LogP contribution is 2.50. The van der Waals surface area contributed by atoms with Crippen molar-refractivity contribution in [3.05, 3.63) is 81.6 Å². The maximum absolute atomic E-state index is 14.0. The molecule has 1 aromatic heterocycles. The Labute approximate surface area is 297 Å². The lowest BCUT2D eigenvalue weighted by Gasteiger charge is -2.26. The van der Waals surface area contributed by atoms with Gasteiger partial charge >= 0.3 is 5.97 Å².